The molecule has 0 unspecified atom stereocenters. The van der Waals surface area contributed by atoms with E-state index in [1.807, 2.05) is 13.8 Å². The number of nitrogens with two attached hydrogens (primary N) is 1. The van der Waals surface area contributed by atoms with Crippen molar-refractivity contribution in [2.75, 3.05) is 0 Å². The Labute approximate surface area is 103 Å². The average Bonchev–Trinajstić information content (AvgIpc) is 2.68. The van der Waals surface area contributed by atoms with E-state index < -0.39 is 5.91 Å². The molecule has 7 heteroatoms. The number of fused-ring (bicyclic) bond motifs is 1. The van der Waals surface area contributed by atoms with E-state index in [0.717, 1.165) is 6.42 Å². The van der Waals surface area contributed by atoms with Gasteiger partial charge < -0.3 is 5.73 Å². The minimum absolute atomic E-state index is 0.148. The molecule has 2 heterocycles. The average molecular weight is 249 g/mol. The molecule has 0 saturated heterocycles. The van der Waals surface area contributed by atoms with Crippen LogP contribution in [0.2, 0.25) is 0 Å². The van der Waals surface area contributed by atoms with Crippen molar-refractivity contribution in [3.8, 4) is 0 Å². The first kappa shape index (κ1) is 12.3. The molecule has 2 aromatic rings. The van der Waals surface area contributed by atoms with Crippen LogP contribution in [0, 0.1) is 0 Å². The van der Waals surface area contributed by atoms with Gasteiger partial charge in [-0.2, -0.15) is 0 Å². The van der Waals surface area contributed by atoms with Crippen LogP contribution >= 0.6 is 0 Å². The van der Waals surface area contributed by atoms with Crippen LogP contribution < -0.4 is 11.3 Å². The third kappa shape index (κ3) is 1.87. The van der Waals surface area contributed by atoms with E-state index in [1.165, 1.54) is 4.52 Å². The second-order valence-corrected chi connectivity index (χ2v) is 4.01. The molecule has 0 saturated carbocycles. The maximum atomic E-state index is 11.9. The smallest absolute Gasteiger partial charge is 0.286 e. The number of nitrogens with one attached hydrogen (secondary N) is 1. The molecular weight excluding hydrogens is 234 g/mol. The molecule has 2 rings (SSSR count). The summed E-state index contributed by atoms with van der Waals surface area (Å²) in [5.41, 5.74) is 5.83. The Morgan fingerprint density at radius 3 is 2.72 bits per heavy atom. The Balaban J connectivity index is 2.79. The van der Waals surface area contributed by atoms with Crippen molar-refractivity contribution in [2.45, 2.75) is 33.1 Å². The van der Waals surface area contributed by atoms with Gasteiger partial charge in [-0.1, -0.05) is 13.8 Å². The molecule has 3 N–H and O–H groups in total. The third-order valence-corrected chi connectivity index (χ3v) is 2.68. The molecule has 7 nitrogen and oxygen atoms in total. The number of nitrogens with zero attached hydrogens (tertiary/aromatic N) is 3. The fourth-order valence-corrected chi connectivity index (χ4v) is 1.88. The fourth-order valence-electron chi connectivity index (χ4n) is 1.88. The van der Waals surface area contributed by atoms with Crippen molar-refractivity contribution in [1.29, 1.82) is 0 Å². The van der Waals surface area contributed by atoms with Crippen LogP contribution in [-0.4, -0.2) is 25.5 Å². The van der Waals surface area contributed by atoms with Crippen molar-refractivity contribution < 1.29 is 4.79 Å². The lowest BCUT2D eigenvalue weighted by Crippen LogP contribution is -2.24. The molecule has 1 amide bonds. The molecule has 0 aliphatic carbocycles. The van der Waals surface area contributed by atoms with Crippen LogP contribution in [-0.2, 0) is 12.8 Å². The zero-order chi connectivity index (χ0) is 13.3. The first-order valence-corrected chi connectivity index (χ1v) is 5.89. The van der Waals surface area contributed by atoms with Crippen LogP contribution in [0.5, 0.6) is 0 Å². The van der Waals surface area contributed by atoms with E-state index >= 15 is 0 Å². The monoisotopic (exact) mass is 249 g/mol. The maximum Gasteiger partial charge on any atom is 0.286 e. The number of hydrogen-bond acceptors (Lipinski definition) is 4. The molecular formula is C11H15N5O2. The van der Waals surface area contributed by atoms with Gasteiger partial charge in [-0.15, -0.1) is 5.10 Å². The molecule has 0 aromatic carbocycles. The second-order valence-electron chi connectivity index (χ2n) is 4.01. The Morgan fingerprint density at radius 1 is 1.44 bits per heavy atom. The number of primary amides is 1. The second kappa shape index (κ2) is 4.59. The highest BCUT2D eigenvalue weighted by molar-refractivity contribution is 5.88. The van der Waals surface area contributed by atoms with Crippen molar-refractivity contribution in [2.24, 2.45) is 5.73 Å². The zero-order valence-corrected chi connectivity index (χ0v) is 10.4. The lowest BCUT2D eigenvalue weighted by Gasteiger charge is -2.00. The highest BCUT2D eigenvalue weighted by Gasteiger charge is 2.16. The highest BCUT2D eigenvalue weighted by atomic mass is 16.2. The van der Waals surface area contributed by atoms with Gasteiger partial charge in [-0.3, -0.25) is 14.6 Å². The lowest BCUT2D eigenvalue weighted by atomic mass is 10.3. The van der Waals surface area contributed by atoms with Crippen molar-refractivity contribution in [1.82, 2.24) is 19.6 Å². The first-order valence-electron chi connectivity index (χ1n) is 5.89. The SMILES string of the molecule is CCCc1nc(CC)c2c(=O)[nH]c(C(N)=O)nn12. The van der Waals surface area contributed by atoms with E-state index in [0.29, 0.717) is 29.9 Å². The van der Waals surface area contributed by atoms with Crippen LogP contribution in [0.3, 0.4) is 0 Å². The number of aromatic amines is 1. The molecule has 0 spiro atoms. The summed E-state index contributed by atoms with van der Waals surface area (Å²) in [6.45, 7) is 3.92. The summed E-state index contributed by atoms with van der Waals surface area (Å²) < 4.78 is 1.43. The molecule has 0 radical (unpaired) electrons. The molecule has 0 fully saturated rings. The van der Waals surface area contributed by atoms with Gasteiger partial charge in [0.2, 0.25) is 5.82 Å². The van der Waals surface area contributed by atoms with Crippen molar-refractivity contribution in [3.63, 3.8) is 0 Å². The number of imidazole rings is 1. The number of aromatic nitrogens is 4. The van der Waals surface area contributed by atoms with Gasteiger partial charge in [0.15, 0.2) is 5.52 Å². The Bertz CT molecular complexity index is 655. The van der Waals surface area contributed by atoms with Gasteiger partial charge in [0, 0.05) is 6.42 Å². The number of amides is 1. The summed E-state index contributed by atoms with van der Waals surface area (Å²) in [6.07, 6.45) is 2.20. The molecule has 0 bridgehead atoms. The summed E-state index contributed by atoms with van der Waals surface area (Å²) in [7, 11) is 0. The minimum atomic E-state index is -0.761. The number of hydrogen-bond donors (Lipinski definition) is 2. The highest BCUT2D eigenvalue weighted by Crippen LogP contribution is 2.10. The third-order valence-electron chi connectivity index (χ3n) is 2.68. The van der Waals surface area contributed by atoms with Gasteiger partial charge in [0.1, 0.15) is 5.82 Å². The number of carbonyl (C=O) groups is 1. The van der Waals surface area contributed by atoms with Gasteiger partial charge in [-0.05, 0) is 12.8 Å². The molecule has 96 valence electrons. The fraction of sp³-hybridized carbons (Fsp3) is 0.455. The standard InChI is InChI=1S/C11H15N5O2/c1-3-5-7-13-6(4-2)8-11(18)14-10(9(12)17)15-16(7)8/h3-5H2,1-2H3,(H2,12,17)(H,14,15,18). The zero-order valence-electron chi connectivity index (χ0n) is 10.4. The van der Waals surface area contributed by atoms with Crippen LogP contribution in [0.4, 0.5) is 0 Å². The largest absolute Gasteiger partial charge is 0.363 e. The lowest BCUT2D eigenvalue weighted by molar-refractivity contribution is 0.0988. The predicted octanol–water partition coefficient (Wildman–Crippen LogP) is 0.0314. The Hall–Kier alpha value is -2.18. The summed E-state index contributed by atoms with van der Waals surface area (Å²) >= 11 is 0. The van der Waals surface area contributed by atoms with Gasteiger partial charge in [-0.25, -0.2) is 9.50 Å². The van der Waals surface area contributed by atoms with Crippen molar-refractivity contribution in [3.05, 3.63) is 27.7 Å². The van der Waals surface area contributed by atoms with Crippen LogP contribution in [0.1, 0.15) is 42.4 Å². The molecule has 18 heavy (non-hydrogen) atoms. The molecule has 0 aliphatic heterocycles. The van der Waals surface area contributed by atoms with Crippen LogP contribution in [0.25, 0.3) is 5.52 Å². The topological polar surface area (TPSA) is 106 Å². The van der Waals surface area contributed by atoms with Gasteiger partial charge >= 0.3 is 0 Å². The Morgan fingerprint density at radius 2 is 2.17 bits per heavy atom. The van der Waals surface area contributed by atoms with Gasteiger partial charge in [0.05, 0.1) is 5.69 Å². The summed E-state index contributed by atoms with van der Waals surface area (Å²) in [5, 5.41) is 4.05. The number of aryl methyl sites for hydroxylation is 2. The Kier molecular flexibility index (Phi) is 3.14. The predicted molar refractivity (Wildman–Crippen MR) is 65.5 cm³/mol. The van der Waals surface area contributed by atoms with E-state index in [4.69, 9.17) is 5.73 Å². The summed E-state index contributed by atoms with van der Waals surface area (Å²) in [6, 6.07) is 0. The quantitative estimate of drug-likeness (QED) is 0.797. The summed E-state index contributed by atoms with van der Waals surface area (Å²) in [5.74, 6) is -0.231. The number of rotatable bonds is 4. The van der Waals surface area contributed by atoms with E-state index in [2.05, 4.69) is 15.1 Å². The normalized spacial score (nSPS) is 11.0. The maximum absolute atomic E-state index is 11.9. The number of carbonyl (C=O) groups excluding carboxylic acids is 1. The summed E-state index contributed by atoms with van der Waals surface area (Å²) in [4.78, 5) is 29.8. The first-order chi connectivity index (χ1) is 8.58. The van der Waals surface area contributed by atoms with E-state index in [1.54, 1.807) is 0 Å². The van der Waals surface area contributed by atoms with E-state index in [9.17, 15) is 9.59 Å². The van der Waals surface area contributed by atoms with E-state index in [-0.39, 0.29) is 11.4 Å². The molecule has 2 aromatic heterocycles. The minimum Gasteiger partial charge on any atom is -0.363 e. The van der Waals surface area contributed by atoms with Crippen molar-refractivity contribution >= 4 is 11.4 Å². The molecule has 0 atom stereocenters. The molecule has 0 aliphatic rings. The van der Waals surface area contributed by atoms with Crippen LogP contribution in [0.15, 0.2) is 4.79 Å². The number of H-pyrrole nitrogens is 1. The van der Waals surface area contributed by atoms with Gasteiger partial charge in [0.25, 0.3) is 11.5 Å².